The second kappa shape index (κ2) is 11.9. The van der Waals surface area contributed by atoms with E-state index in [-0.39, 0.29) is 26.3 Å². The number of ether oxygens (including phenoxy) is 3. The highest BCUT2D eigenvalue weighted by Gasteiger charge is 2.35. The molecule has 0 amide bonds. The molecule has 0 spiro atoms. The van der Waals surface area contributed by atoms with E-state index in [1.54, 1.807) is 24.3 Å². The van der Waals surface area contributed by atoms with E-state index in [0.29, 0.717) is 35.2 Å². The van der Waals surface area contributed by atoms with Crippen LogP contribution in [0.15, 0.2) is 52.9 Å². The van der Waals surface area contributed by atoms with E-state index in [4.69, 9.17) is 18.6 Å². The van der Waals surface area contributed by atoms with Gasteiger partial charge >= 0.3 is 5.97 Å². The number of benzene rings is 2. The van der Waals surface area contributed by atoms with E-state index in [9.17, 15) is 13.2 Å². The summed E-state index contributed by atoms with van der Waals surface area (Å²) in [5.74, 6) is 1.15. The van der Waals surface area contributed by atoms with Crippen molar-refractivity contribution < 1.29 is 31.8 Å². The maximum absolute atomic E-state index is 13.1. The number of oxazole rings is 1. The molecule has 2 heterocycles. The number of morpholine rings is 1. The number of methoxy groups -OCH3 is 1. The molecule has 1 aliphatic rings. The monoisotopic (exact) mass is 529 g/mol. The maximum atomic E-state index is 13.1. The van der Waals surface area contributed by atoms with Crippen molar-refractivity contribution in [2.24, 2.45) is 0 Å². The molecule has 2 aromatic carbocycles. The van der Waals surface area contributed by atoms with Crippen LogP contribution in [-0.2, 0) is 37.4 Å². The van der Waals surface area contributed by atoms with Gasteiger partial charge in [0.05, 0.1) is 13.7 Å². The summed E-state index contributed by atoms with van der Waals surface area (Å²) in [7, 11) is -2.69. The molecular formula is C26H31N3O7S. The fraction of sp³-hybridized carbons (Fsp3) is 0.385. The van der Waals surface area contributed by atoms with Gasteiger partial charge in [0.2, 0.25) is 15.9 Å². The Morgan fingerprint density at radius 2 is 1.86 bits per heavy atom. The van der Waals surface area contributed by atoms with Crippen LogP contribution in [0.5, 0.6) is 5.75 Å². The molecule has 0 aliphatic carbocycles. The van der Waals surface area contributed by atoms with E-state index in [1.807, 2.05) is 38.1 Å². The largest absolute Gasteiger partial charge is 0.487 e. The lowest BCUT2D eigenvalue weighted by molar-refractivity contribution is -0.140. The molecule has 0 radical (unpaired) electrons. The summed E-state index contributed by atoms with van der Waals surface area (Å²) in [5, 5.41) is 3.00. The van der Waals surface area contributed by atoms with Gasteiger partial charge in [0, 0.05) is 25.2 Å². The van der Waals surface area contributed by atoms with Gasteiger partial charge < -0.3 is 23.9 Å². The molecule has 1 N–H and O–H groups in total. The van der Waals surface area contributed by atoms with Gasteiger partial charge in [0.25, 0.3) is 0 Å². The summed E-state index contributed by atoms with van der Waals surface area (Å²) in [6.07, 6.45) is 0. The number of hydrogen-bond donors (Lipinski definition) is 1. The first-order valence-electron chi connectivity index (χ1n) is 11.9. The topological polar surface area (TPSA) is 120 Å². The zero-order chi connectivity index (χ0) is 26.4. The average Bonchev–Trinajstić information content (AvgIpc) is 3.28. The van der Waals surface area contributed by atoms with Crippen molar-refractivity contribution in [1.82, 2.24) is 14.6 Å². The molecule has 1 aromatic heterocycles. The lowest BCUT2D eigenvalue weighted by atomic mass is 10.1. The summed E-state index contributed by atoms with van der Waals surface area (Å²) < 4.78 is 49.2. The molecule has 1 saturated heterocycles. The predicted octanol–water partition coefficient (Wildman–Crippen LogP) is 2.79. The SMILES string of the molecule is COC(=O)CN(Cc1ccc(OCc2nc(-c3ccc(C)cc3)oc2C)cc1)S(=O)(=O)C1CNCCO1. The van der Waals surface area contributed by atoms with Crippen molar-refractivity contribution in [1.29, 1.82) is 0 Å². The van der Waals surface area contributed by atoms with Gasteiger partial charge in [-0.25, -0.2) is 13.4 Å². The lowest BCUT2D eigenvalue weighted by Crippen LogP contribution is -2.49. The number of hydrogen-bond acceptors (Lipinski definition) is 9. The Morgan fingerprint density at radius 1 is 1.14 bits per heavy atom. The minimum absolute atomic E-state index is 0.0140. The Hall–Kier alpha value is -3.25. The first-order valence-corrected chi connectivity index (χ1v) is 13.4. The molecule has 1 atom stereocenters. The first-order chi connectivity index (χ1) is 17.8. The number of sulfonamides is 1. The first kappa shape index (κ1) is 26.8. The predicted molar refractivity (Wildman–Crippen MR) is 136 cm³/mol. The number of carbonyl (C=O) groups is 1. The molecule has 0 bridgehead atoms. The summed E-state index contributed by atoms with van der Waals surface area (Å²) >= 11 is 0. The molecule has 11 heteroatoms. The standard InChI is InChI=1S/C26H31N3O7S/c1-18-4-8-21(9-5-18)26-28-23(19(2)36-26)17-35-22-10-6-20(7-11-22)15-29(16-24(30)33-3)37(31,32)25-14-27-12-13-34-25/h4-11,25,27H,12-17H2,1-3H3. The number of aromatic nitrogens is 1. The van der Waals surface area contributed by atoms with Gasteiger partial charge in [-0.05, 0) is 43.7 Å². The van der Waals surface area contributed by atoms with Gasteiger partial charge in [-0.3, -0.25) is 4.79 Å². The summed E-state index contributed by atoms with van der Waals surface area (Å²) in [6, 6.07) is 14.9. The second-order valence-corrected chi connectivity index (χ2v) is 10.8. The van der Waals surface area contributed by atoms with E-state index in [1.165, 1.54) is 7.11 Å². The van der Waals surface area contributed by atoms with Gasteiger partial charge in [-0.2, -0.15) is 4.31 Å². The van der Waals surface area contributed by atoms with E-state index >= 15 is 0 Å². The van der Waals surface area contributed by atoms with Crippen LogP contribution >= 0.6 is 0 Å². The Kier molecular flexibility index (Phi) is 8.59. The van der Waals surface area contributed by atoms with Crippen LogP contribution < -0.4 is 10.1 Å². The van der Waals surface area contributed by atoms with Gasteiger partial charge in [-0.15, -0.1) is 0 Å². The number of aryl methyl sites for hydroxylation is 2. The molecule has 3 aromatic rings. The van der Waals surface area contributed by atoms with E-state index in [0.717, 1.165) is 15.4 Å². The fourth-order valence-electron chi connectivity index (χ4n) is 3.77. The number of rotatable bonds is 10. The summed E-state index contributed by atoms with van der Waals surface area (Å²) in [5.41, 5.74) is 2.36. The number of nitrogens with one attached hydrogen (secondary N) is 1. The van der Waals surface area contributed by atoms with Gasteiger partial charge in [-0.1, -0.05) is 29.8 Å². The van der Waals surface area contributed by atoms with Crippen LogP contribution in [0.2, 0.25) is 0 Å². The Morgan fingerprint density at radius 3 is 2.51 bits per heavy atom. The Labute approximate surface area is 216 Å². The van der Waals surface area contributed by atoms with Crippen molar-refractivity contribution in [2.45, 2.75) is 32.4 Å². The van der Waals surface area contributed by atoms with E-state index in [2.05, 4.69) is 10.3 Å². The van der Waals surface area contributed by atoms with Crippen molar-refractivity contribution in [3.05, 3.63) is 71.1 Å². The molecule has 0 saturated carbocycles. The molecule has 37 heavy (non-hydrogen) atoms. The third-order valence-electron chi connectivity index (χ3n) is 5.97. The normalized spacial score (nSPS) is 16.1. The molecule has 1 fully saturated rings. The third-order valence-corrected chi connectivity index (χ3v) is 7.91. The summed E-state index contributed by atoms with van der Waals surface area (Å²) in [4.78, 5) is 16.5. The highest BCUT2D eigenvalue weighted by atomic mass is 32.2. The number of carbonyl (C=O) groups excluding carboxylic acids is 1. The van der Waals surface area contributed by atoms with Crippen LogP contribution in [0.1, 0.15) is 22.6 Å². The van der Waals surface area contributed by atoms with Crippen molar-refractivity contribution >= 4 is 16.0 Å². The highest BCUT2D eigenvalue weighted by molar-refractivity contribution is 7.89. The fourth-order valence-corrected chi connectivity index (χ4v) is 5.31. The highest BCUT2D eigenvalue weighted by Crippen LogP contribution is 2.24. The quantitative estimate of drug-likeness (QED) is 0.395. The minimum Gasteiger partial charge on any atom is -0.487 e. The van der Waals surface area contributed by atoms with Crippen LogP contribution in [0.3, 0.4) is 0 Å². The third kappa shape index (κ3) is 6.75. The molecule has 198 valence electrons. The van der Waals surface area contributed by atoms with Crippen LogP contribution in [0.4, 0.5) is 0 Å². The molecule has 4 rings (SSSR count). The lowest BCUT2D eigenvalue weighted by Gasteiger charge is -2.29. The Balaban J connectivity index is 1.41. The van der Waals surface area contributed by atoms with Gasteiger partial charge in [0.15, 0.2) is 5.44 Å². The molecule has 1 unspecified atom stereocenters. The zero-order valence-corrected chi connectivity index (χ0v) is 21.9. The number of esters is 1. The van der Waals surface area contributed by atoms with Gasteiger partial charge in [0.1, 0.15) is 30.4 Å². The smallest absolute Gasteiger partial charge is 0.321 e. The van der Waals surface area contributed by atoms with Crippen molar-refractivity contribution in [3.63, 3.8) is 0 Å². The van der Waals surface area contributed by atoms with Crippen molar-refractivity contribution in [3.8, 4) is 17.2 Å². The average molecular weight is 530 g/mol. The summed E-state index contributed by atoms with van der Waals surface area (Å²) in [6.45, 7) is 4.66. The Bertz CT molecular complexity index is 1300. The molecule has 10 nitrogen and oxygen atoms in total. The zero-order valence-electron chi connectivity index (χ0n) is 21.1. The maximum Gasteiger partial charge on any atom is 0.321 e. The van der Waals surface area contributed by atoms with E-state index < -0.39 is 28.0 Å². The number of nitrogens with zero attached hydrogens (tertiary/aromatic N) is 2. The van der Waals surface area contributed by atoms with Crippen molar-refractivity contribution in [2.75, 3.05) is 33.4 Å². The van der Waals surface area contributed by atoms with Crippen LogP contribution in [0.25, 0.3) is 11.5 Å². The molecule has 1 aliphatic heterocycles. The molecular weight excluding hydrogens is 498 g/mol. The minimum atomic E-state index is -3.91. The van der Waals surface area contributed by atoms with Crippen LogP contribution in [-0.4, -0.2) is 62.5 Å². The second-order valence-electron chi connectivity index (χ2n) is 8.71. The van der Waals surface area contributed by atoms with Crippen LogP contribution in [0, 0.1) is 13.8 Å².